The molecule has 1 aromatic carbocycles. The molecule has 1 saturated heterocycles. The van der Waals surface area contributed by atoms with Gasteiger partial charge in [-0.3, -0.25) is 4.90 Å². The molecule has 90 valence electrons. The number of amides is 2. The molecule has 2 aliphatic heterocycles. The molecule has 2 bridgehead atoms. The summed E-state index contributed by atoms with van der Waals surface area (Å²) in [5.74, 6) is 0.838. The fraction of sp³-hybridized carbons (Fsp3) is 0.417. The summed E-state index contributed by atoms with van der Waals surface area (Å²) in [6, 6.07) is 5.87. The highest BCUT2D eigenvalue weighted by Gasteiger charge is 2.47. The molecule has 2 amide bonds. The third-order valence-corrected chi connectivity index (χ3v) is 4.07. The van der Waals surface area contributed by atoms with Crippen molar-refractivity contribution >= 4 is 22.0 Å². The van der Waals surface area contributed by atoms with Gasteiger partial charge in [-0.2, -0.15) is 0 Å². The van der Waals surface area contributed by atoms with Crippen LogP contribution in [-0.2, 0) is 0 Å². The number of nitrogens with zero attached hydrogens (tertiary/aromatic N) is 1. The lowest BCUT2D eigenvalue weighted by molar-refractivity contribution is -0.0719. The highest BCUT2D eigenvalue weighted by molar-refractivity contribution is 9.10. The minimum absolute atomic E-state index is 0.0422. The second kappa shape index (κ2) is 3.38. The molecule has 2 aliphatic rings. The summed E-state index contributed by atoms with van der Waals surface area (Å²) in [6.45, 7) is 1.95. The minimum Gasteiger partial charge on any atom is -0.468 e. The average Bonchev–Trinajstić information content (AvgIpc) is 2.25. The predicted molar refractivity (Wildman–Crippen MR) is 66.8 cm³/mol. The van der Waals surface area contributed by atoms with Gasteiger partial charge in [0, 0.05) is 23.5 Å². The molecule has 17 heavy (non-hydrogen) atoms. The number of benzene rings is 1. The van der Waals surface area contributed by atoms with E-state index in [-0.39, 0.29) is 12.1 Å². The van der Waals surface area contributed by atoms with Crippen molar-refractivity contribution in [3.63, 3.8) is 0 Å². The van der Waals surface area contributed by atoms with Crippen LogP contribution in [0.2, 0.25) is 0 Å². The summed E-state index contributed by atoms with van der Waals surface area (Å²) >= 11 is 3.43. The van der Waals surface area contributed by atoms with Crippen LogP contribution >= 0.6 is 15.9 Å². The summed E-state index contributed by atoms with van der Waals surface area (Å²) in [7, 11) is 1.76. The summed E-state index contributed by atoms with van der Waals surface area (Å²) in [5.41, 5.74) is 0.493. The second-order valence-corrected chi connectivity index (χ2v) is 5.64. The molecule has 0 saturated carbocycles. The van der Waals surface area contributed by atoms with E-state index in [1.54, 1.807) is 11.9 Å². The summed E-state index contributed by atoms with van der Waals surface area (Å²) in [4.78, 5) is 13.4. The van der Waals surface area contributed by atoms with Crippen LogP contribution in [0.3, 0.4) is 0 Å². The quantitative estimate of drug-likeness (QED) is 0.800. The fourth-order valence-corrected chi connectivity index (χ4v) is 2.79. The number of halogens is 1. The molecule has 1 fully saturated rings. The van der Waals surface area contributed by atoms with E-state index in [1.165, 1.54) is 0 Å². The van der Waals surface area contributed by atoms with Gasteiger partial charge >= 0.3 is 6.03 Å². The predicted octanol–water partition coefficient (Wildman–Crippen LogP) is 2.64. The van der Waals surface area contributed by atoms with Crippen LogP contribution in [0.5, 0.6) is 5.75 Å². The molecule has 3 rings (SSSR count). The van der Waals surface area contributed by atoms with Crippen molar-refractivity contribution < 1.29 is 9.53 Å². The van der Waals surface area contributed by atoms with Crippen LogP contribution in [0.25, 0.3) is 0 Å². The molecule has 5 heteroatoms. The molecule has 0 aromatic heterocycles. The summed E-state index contributed by atoms with van der Waals surface area (Å²) in [6.07, 6.45) is 0.768. The van der Waals surface area contributed by atoms with Crippen LogP contribution < -0.4 is 10.1 Å². The Kier molecular flexibility index (Phi) is 2.17. The van der Waals surface area contributed by atoms with E-state index in [4.69, 9.17) is 4.74 Å². The molecule has 0 spiro atoms. The molecule has 0 radical (unpaired) electrons. The summed E-state index contributed by atoms with van der Waals surface area (Å²) < 4.78 is 6.97. The van der Waals surface area contributed by atoms with E-state index in [2.05, 4.69) is 21.2 Å². The molecular weight excluding hydrogens is 284 g/mol. The maximum Gasteiger partial charge on any atom is 0.320 e. The van der Waals surface area contributed by atoms with Gasteiger partial charge in [-0.1, -0.05) is 22.0 Å². The van der Waals surface area contributed by atoms with Crippen molar-refractivity contribution in [2.45, 2.75) is 25.1 Å². The first kappa shape index (κ1) is 10.9. The van der Waals surface area contributed by atoms with E-state index >= 15 is 0 Å². The normalized spacial score (nSPS) is 30.4. The smallest absolute Gasteiger partial charge is 0.320 e. The number of urea groups is 1. The van der Waals surface area contributed by atoms with Gasteiger partial charge in [0.05, 0.1) is 6.04 Å². The number of hydrogen-bond donors (Lipinski definition) is 1. The Hall–Kier alpha value is -1.23. The van der Waals surface area contributed by atoms with Gasteiger partial charge in [0.2, 0.25) is 0 Å². The van der Waals surface area contributed by atoms with Crippen LogP contribution in [0.4, 0.5) is 4.79 Å². The maximum atomic E-state index is 11.8. The zero-order valence-corrected chi connectivity index (χ0v) is 11.2. The topological polar surface area (TPSA) is 41.6 Å². The first-order chi connectivity index (χ1) is 7.99. The summed E-state index contributed by atoms with van der Waals surface area (Å²) in [5, 5.41) is 2.99. The Morgan fingerprint density at radius 1 is 1.59 bits per heavy atom. The second-order valence-electron chi connectivity index (χ2n) is 4.72. The molecule has 2 atom stereocenters. The van der Waals surface area contributed by atoms with Gasteiger partial charge in [0.1, 0.15) is 5.75 Å². The van der Waals surface area contributed by atoms with Crippen molar-refractivity contribution in [1.29, 1.82) is 0 Å². The lowest BCUT2D eigenvalue weighted by Gasteiger charge is -2.49. The fourth-order valence-electron chi connectivity index (χ4n) is 2.45. The molecule has 2 heterocycles. The minimum atomic E-state index is -0.555. The van der Waals surface area contributed by atoms with E-state index in [0.29, 0.717) is 0 Å². The van der Waals surface area contributed by atoms with Gasteiger partial charge < -0.3 is 10.1 Å². The maximum absolute atomic E-state index is 11.8. The number of ether oxygens (including phenoxy) is 1. The SMILES string of the molecule is CN1C(=O)NC2CC1(C)Oc1cc(Br)ccc12. The Bertz CT molecular complexity index is 505. The zero-order valence-electron chi connectivity index (χ0n) is 9.66. The van der Waals surface area contributed by atoms with Crippen LogP contribution in [0, 0.1) is 0 Å². The Morgan fingerprint density at radius 3 is 3.12 bits per heavy atom. The number of carbonyl (C=O) groups is 1. The van der Waals surface area contributed by atoms with E-state index < -0.39 is 5.72 Å². The van der Waals surface area contributed by atoms with Crippen molar-refractivity contribution in [1.82, 2.24) is 10.2 Å². The highest BCUT2D eigenvalue weighted by Crippen LogP contribution is 2.44. The number of fused-ring (bicyclic) bond motifs is 4. The first-order valence-corrected chi connectivity index (χ1v) is 6.32. The molecule has 2 unspecified atom stereocenters. The monoisotopic (exact) mass is 296 g/mol. The number of rotatable bonds is 0. The van der Waals surface area contributed by atoms with Gasteiger partial charge in [0.25, 0.3) is 0 Å². The molecule has 4 nitrogen and oxygen atoms in total. The molecule has 0 aliphatic carbocycles. The lowest BCUT2D eigenvalue weighted by atomic mass is 9.91. The van der Waals surface area contributed by atoms with Crippen LogP contribution in [0.15, 0.2) is 22.7 Å². The van der Waals surface area contributed by atoms with E-state index in [0.717, 1.165) is 22.2 Å². The van der Waals surface area contributed by atoms with Crippen molar-refractivity contribution in [2.24, 2.45) is 0 Å². The Morgan fingerprint density at radius 2 is 2.35 bits per heavy atom. The van der Waals surface area contributed by atoms with Gasteiger partial charge in [0.15, 0.2) is 5.72 Å². The Labute approximate surface area is 108 Å². The Balaban J connectivity index is 2.11. The molecular formula is C12H13BrN2O2. The van der Waals surface area contributed by atoms with Gasteiger partial charge in [-0.25, -0.2) is 4.79 Å². The van der Waals surface area contributed by atoms with Crippen LogP contribution in [-0.4, -0.2) is 23.7 Å². The van der Waals surface area contributed by atoms with Crippen LogP contribution in [0.1, 0.15) is 24.9 Å². The average molecular weight is 297 g/mol. The third-order valence-electron chi connectivity index (χ3n) is 3.58. The zero-order chi connectivity index (χ0) is 12.2. The van der Waals surface area contributed by atoms with Crippen molar-refractivity contribution in [3.8, 4) is 5.75 Å². The third kappa shape index (κ3) is 1.52. The number of carbonyl (C=O) groups excluding carboxylic acids is 1. The van der Waals surface area contributed by atoms with E-state index in [9.17, 15) is 4.79 Å². The first-order valence-electron chi connectivity index (χ1n) is 5.52. The van der Waals surface area contributed by atoms with E-state index in [1.807, 2.05) is 25.1 Å². The van der Waals surface area contributed by atoms with Crippen molar-refractivity contribution in [3.05, 3.63) is 28.2 Å². The highest BCUT2D eigenvalue weighted by atomic mass is 79.9. The lowest BCUT2D eigenvalue weighted by Crippen LogP contribution is -2.63. The molecule has 1 N–H and O–H groups in total. The number of hydrogen-bond acceptors (Lipinski definition) is 2. The standard InChI is InChI=1S/C12H13BrN2O2/c1-12-6-9(14-11(16)15(12)2)8-4-3-7(13)5-10(8)17-12/h3-5,9H,6H2,1-2H3,(H,14,16). The van der Waals surface area contributed by atoms with Gasteiger partial charge in [-0.15, -0.1) is 0 Å². The van der Waals surface area contributed by atoms with Crippen molar-refractivity contribution in [2.75, 3.05) is 7.05 Å². The number of nitrogens with one attached hydrogen (secondary N) is 1. The van der Waals surface area contributed by atoms with Gasteiger partial charge in [-0.05, 0) is 19.1 Å². The largest absolute Gasteiger partial charge is 0.468 e. The molecule has 1 aromatic rings.